The molecule has 9 nitrogen and oxygen atoms in total. The lowest BCUT2D eigenvalue weighted by Gasteiger charge is -2.30. The van der Waals surface area contributed by atoms with Crippen molar-refractivity contribution < 1.29 is 9.13 Å². The van der Waals surface area contributed by atoms with Crippen molar-refractivity contribution in [1.29, 1.82) is 0 Å². The maximum atomic E-state index is 15.2. The maximum absolute atomic E-state index is 15.2. The molecule has 1 saturated heterocycles. The van der Waals surface area contributed by atoms with Crippen LogP contribution in [0.2, 0.25) is 5.02 Å². The molecule has 0 bridgehead atoms. The summed E-state index contributed by atoms with van der Waals surface area (Å²) in [5, 5.41) is 21.0. The molecule has 0 amide bonds. The number of halogens is 2. The third kappa shape index (κ3) is 3.57. The van der Waals surface area contributed by atoms with Crippen LogP contribution in [0.15, 0.2) is 30.5 Å². The molecule has 34 heavy (non-hydrogen) atoms. The zero-order chi connectivity index (χ0) is 23.3. The molecule has 0 saturated carbocycles. The predicted molar refractivity (Wildman–Crippen MR) is 130 cm³/mol. The number of fused-ring (bicyclic) bond motifs is 4. The van der Waals surface area contributed by atoms with E-state index in [2.05, 4.69) is 30.8 Å². The highest BCUT2D eigenvalue weighted by atomic mass is 35.5. The van der Waals surface area contributed by atoms with Crippen LogP contribution >= 0.6 is 11.6 Å². The summed E-state index contributed by atoms with van der Waals surface area (Å²) >= 11 is 6.53. The first-order chi connectivity index (χ1) is 16.5. The van der Waals surface area contributed by atoms with E-state index in [1.807, 2.05) is 25.2 Å². The zero-order valence-electron chi connectivity index (χ0n) is 18.7. The lowest BCUT2D eigenvalue weighted by Crippen LogP contribution is -2.43. The van der Waals surface area contributed by atoms with Crippen molar-refractivity contribution >= 4 is 39.5 Å². The molecule has 5 heterocycles. The van der Waals surface area contributed by atoms with Gasteiger partial charge in [0.15, 0.2) is 5.75 Å². The van der Waals surface area contributed by atoms with Crippen molar-refractivity contribution in [2.75, 3.05) is 50.1 Å². The lowest BCUT2D eigenvalue weighted by atomic mass is 9.94. The van der Waals surface area contributed by atoms with Crippen molar-refractivity contribution in [2.45, 2.75) is 18.5 Å². The van der Waals surface area contributed by atoms with Crippen molar-refractivity contribution in [3.63, 3.8) is 0 Å². The Balaban J connectivity index is 1.40. The number of pyridine rings is 1. The Bertz CT molecular complexity index is 1390. The van der Waals surface area contributed by atoms with Crippen LogP contribution in [0, 0.1) is 0 Å². The number of likely N-dealkylation sites (N-methyl/N-ethyl adjacent to an activating group) is 1. The molecule has 0 unspecified atom stereocenters. The first-order valence-corrected chi connectivity index (χ1v) is 11.7. The van der Waals surface area contributed by atoms with Gasteiger partial charge in [0.25, 0.3) is 0 Å². The fourth-order valence-corrected chi connectivity index (χ4v) is 4.77. The van der Waals surface area contributed by atoms with Gasteiger partial charge in [-0.2, -0.15) is 9.61 Å². The maximum Gasteiger partial charge on any atom is 0.222 e. The molecule has 11 heteroatoms. The summed E-state index contributed by atoms with van der Waals surface area (Å²) in [7, 11) is 1.99. The van der Waals surface area contributed by atoms with Gasteiger partial charge in [-0.1, -0.05) is 23.7 Å². The number of alkyl halides is 1. The monoisotopic (exact) mass is 482 g/mol. The normalized spacial score (nSPS) is 17.6. The first-order valence-electron chi connectivity index (χ1n) is 11.3. The third-order valence-electron chi connectivity index (χ3n) is 6.58. The van der Waals surface area contributed by atoms with Gasteiger partial charge in [-0.15, -0.1) is 10.2 Å². The van der Waals surface area contributed by atoms with E-state index in [9.17, 15) is 0 Å². The molecule has 4 aromatic rings. The molecule has 176 valence electrons. The molecular formula is C23H24ClFN8O. The Hall–Kier alpha value is -3.24. The molecule has 2 N–H and O–H groups in total. The second-order valence-corrected chi connectivity index (χ2v) is 9.24. The predicted octanol–water partition coefficient (Wildman–Crippen LogP) is 3.33. The Morgan fingerprint density at radius 2 is 2.03 bits per heavy atom. The number of ether oxygens (including phenoxy) is 1. The standard InChI is InChI=1S/C23H24ClFN8O/c1-32-10-11-34-20-17(32)12-28-33-21(30-31-22(20)33)16-5-3-14-2-4-15(24)19(18(14)29-16)27-13-23(25)6-8-26-9-7-23/h2-5,12,26-27H,6-11,13H2,1H3. The van der Waals surface area contributed by atoms with Gasteiger partial charge in [0.2, 0.25) is 11.5 Å². The highest BCUT2D eigenvalue weighted by Gasteiger charge is 2.32. The molecular weight excluding hydrogens is 459 g/mol. The van der Waals surface area contributed by atoms with E-state index in [0.29, 0.717) is 71.7 Å². The van der Waals surface area contributed by atoms with E-state index in [1.54, 1.807) is 16.8 Å². The summed E-state index contributed by atoms with van der Waals surface area (Å²) in [4.78, 5) is 6.92. The molecule has 0 aliphatic carbocycles. The smallest absolute Gasteiger partial charge is 0.222 e. The highest BCUT2D eigenvalue weighted by Crippen LogP contribution is 2.36. The summed E-state index contributed by atoms with van der Waals surface area (Å²) in [6.07, 6.45) is 2.67. The van der Waals surface area contributed by atoms with Crippen molar-refractivity contribution in [1.82, 2.24) is 30.1 Å². The van der Waals surface area contributed by atoms with Crippen LogP contribution in [0.5, 0.6) is 5.75 Å². The summed E-state index contributed by atoms with van der Waals surface area (Å²) in [5.74, 6) is 1.15. The van der Waals surface area contributed by atoms with E-state index in [0.717, 1.165) is 17.6 Å². The van der Waals surface area contributed by atoms with Crippen LogP contribution in [0.25, 0.3) is 28.1 Å². The van der Waals surface area contributed by atoms with E-state index in [1.165, 1.54) is 0 Å². The number of anilines is 2. The zero-order valence-corrected chi connectivity index (χ0v) is 19.4. The number of aromatic nitrogens is 5. The number of hydrogen-bond donors (Lipinski definition) is 2. The van der Waals surface area contributed by atoms with Crippen LogP contribution in [-0.2, 0) is 0 Å². The molecule has 2 aliphatic rings. The lowest BCUT2D eigenvalue weighted by molar-refractivity contribution is 0.131. The largest absolute Gasteiger partial charge is 0.486 e. The van der Waals surface area contributed by atoms with Crippen LogP contribution in [0.4, 0.5) is 15.8 Å². The number of nitrogens with zero attached hydrogens (tertiary/aromatic N) is 6. The Labute approximate surface area is 200 Å². The van der Waals surface area contributed by atoms with E-state index in [4.69, 9.17) is 21.3 Å². The second-order valence-electron chi connectivity index (χ2n) is 8.83. The fraction of sp³-hybridized carbons (Fsp3) is 0.391. The van der Waals surface area contributed by atoms with Gasteiger partial charge in [-0.3, -0.25) is 0 Å². The quantitative estimate of drug-likeness (QED) is 0.457. The van der Waals surface area contributed by atoms with Crippen molar-refractivity contribution in [3.05, 3.63) is 35.5 Å². The number of hydrogen-bond acceptors (Lipinski definition) is 8. The Morgan fingerprint density at radius 3 is 2.88 bits per heavy atom. The highest BCUT2D eigenvalue weighted by molar-refractivity contribution is 6.34. The van der Waals surface area contributed by atoms with Gasteiger partial charge in [0, 0.05) is 19.0 Å². The minimum absolute atomic E-state index is 0.172. The van der Waals surface area contributed by atoms with Crippen molar-refractivity contribution in [2.24, 2.45) is 0 Å². The van der Waals surface area contributed by atoms with Gasteiger partial charge >= 0.3 is 0 Å². The van der Waals surface area contributed by atoms with Gasteiger partial charge < -0.3 is 20.3 Å². The summed E-state index contributed by atoms with van der Waals surface area (Å²) in [6.45, 7) is 2.86. The van der Waals surface area contributed by atoms with E-state index < -0.39 is 5.67 Å². The minimum Gasteiger partial charge on any atom is -0.486 e. The number of piperidine rings is 1. The Morgan fingerprint density at radius 1 is 1.21 bits per heavy atom. The second kappa shape index (κ2) is 8.21. The van der Waals surface area contributed by atoms with E-state index >= 15 is 4.39 Å². The molecule has 1 aromatic carbocycles. The van der Waals surface area contributed by atoms with Gasteiger partial charge in [-0.05, 0) is 38.1 Å². The van der Waals surface area contributed by atoms with Gasteiger partial charge in [0.1, 0.15) is 23.7 Å². The van der Waals surface area contributed by atoms with Gasteiger partial charge in [0.05, 0.1) is 29.0 Å². The molecule has 0 spiro atoms. The fourth-order valence-electron chi connectivity index (χ4n) is 4.55. The average molecular weight is 483 g/mol. The summed E-state index contributed by atoms with van der Waals surface area (Å²) in [6, 6.07) is 7.51. The summed E-state index contributed by atoms with van der Waals surface area (Å²) in [5.41, 5.74) is 1.97. The number of rotatable bonds is 4. The van der Waals surface area contributed by atoms with Crippen molar-refractivity contribution in [3.8, 4) is 17.3 Å². The SMILES string of the molecule is CN1CCOc2c1cnn1c(-c3ccc4ccc(Cl)c(NCC5(F)CCNCC5)c4n3)nnc21. The van der Waals surface area contributed by atoms with Crippen LogP contribution in [0.1, 0.15) is 12.8 Å². The first kappa shape index (κ1) is 21.3. The molecule has 6 rings (SSSR count). The van der Waals surface area contributed by atoms with Crippen LogP contribution in [0.3, 0.4) is 0 Å². The molecule has 3 aromatic heterocycles. The number of nitrogens with one attached hydrogen (secondary N) is 2. The summed E-state index contributed by atoms with van der Waals surface area (Å²) < 4.78 is 22.7. The molecule has 0 atom stereocenters. The Kier molecular flexibility index (Phi) is 5.14. The number of benzene rings is 1. The molecule has 2 aliphatic heterocycles. The topological polar surface area (TPSA) is 92.5 Å². The molecule has 0 radical (unpaired) electrons. The van der Waals surface area contributed by atoms with Gasteiger partial charge in [-0.25, -0.2) is 9.37 Å². The van der Waals surface area contributed by atoms with Crippen LogP contribution in [-0.4, -0.2) is 70.3 Å². The van der Waals surface area contributed by atoms with Crippen LogP contribution < -0.4 is 20.3 Å². The average Bonchev–Trinajstić information content (AvgIpc) is 3.28. The van der Waals surface area contributed by atoms with E-state index in [-0.39, 0.29) is 6.54 Å². The minimum atomic E-state index is -1.28. The third-order valence-corrected chi connectivity index (χ3v) is 6.89. The molecule has 1 fully saturated rings.